The number of benzene rings is 2. The van der Waals surface area contributed by atoms with Crippen molar-refractivity contribution in [2.45, 2.75) is 39.3 Å². The highest BCUT2D eigenvalue weighted by Crippen LogP contribution is 2.32. The molecule has 0 spiro atoms. The van der Waals surface area contributed by atoms with Crippen molar-refractivity contribution in [1.82, 2.24) is 29.5 Å². The summed E-state index contributed by atoms with van der Waals surface area (Å²) in [5, 5.41) is 11.1. The molecule has 2 N–H and O–H groups in total. The average molecular weight is 500 g/mol. The molecule has 0 radical (unpaired) electrons. The summed E-state index contributed by atoms with van der Waals surface area (Å²) in [5.41, 5.74) is 8.15. The first-order valence-corrected chi connectivity index (χ1v) is 12.4. The van der Waals surface area contributed by atoms with E-state index in [0.29, 0.717) is 22.9 Å². The number of nitrogens with zero attached hydrogens (tertiary/aromatic N) is 5. The van der Waals surface area contributed by atoms with Crippen molar-refractivity contribution in [2.24, 2.45) is 7.05 Å². The Kier molecular flexibility index (Phi) is 5.41. The van der Waals surface area contributed by atoms with Gasteiger partial charge in [-0.05, 0) is 68.1 Å². The van der Waals surface area contributed by atoms with E-state index in [1.165, 1.54) is 11.1 Å². The average Bonchev–Trinajstić information content (AvgIpc) is 3.39. The summed E-state index contributed by atoms with van der Waals surface area (Å²) in [6.45, 7) is 4.74. The van der Waals surface area contributed by atoms with E-state index >= 15 is 0 Å². The minimum Gasteiger partial charge on any atom is -0.361 e. The number of halogens is 1. The molecular formula is C27H26ClN7O. The highest BCUT2D eigenvalue weighted by atomic mass is 35.5. The fourth-order valence-electron chi connectivity index (χ4n) is 4.41. The molecule has 1 amide bonds. The third-order valence-electron chi connectivity index (χ3n) is 6.82. The van der Waals surface area contributed by atoms with Crippen LogP contribution < -0.4 is 10.6 Å². The molecule has 0 unspecified atom stereocenters. The van der Waals surface area contributed by atoms with Crippen LogP contribution in [0.1, 0.15) is 40.0 Å². The van der Waals surface area contributed by atoms with E-state index in [1.807, 2.05) is 36.1 Å². The first-order valence-electron chi connectivity index (χ1n) is 12.0. The van der Waals surface area contributed by atoms with Gasteiger partial charge in [-0.2, -0.15) is 5.10 Å². The molecular weight excluding hydrogens is 474 g/mol. The summed E-state index contributed by atoms with van der Waals surface area (Å²) in [7, 11) is 1.92. The van der Waals surface area contributed by atoms with Gasteiger partial charge in [0, 0.05) is 24.8 Å². The molecule has 2 aromatic carbocycles. The zero-order valence-electron chi connectivity index (χ0n) is 20.3. The molecule has 8 nitrogen and oxygen atoms in total. The van der Waals surface area contributed by atoms with Crippen molar-refractivity contribution in [2.75, 3.05) is 5.32 Å². The molecule has 0 aliphatic heterocycles. The highest BCUT2D eigenvalue weighted by Gasteiger charge is 2.25. The van der Waals surface area contributed by atoms with Gasteiger partial charge in [-0.1, -0.05) is 17.7 Å². The Bertz CT molecular complexity index is 1650. The van der Waals surface area contributed by atoms with Crippen LogP contribution in [0.25, 0.3) is 27.9 Å². The maximum atomic E-state index is 12.6. The standard InChI is InChI=1S/C27H26ClN7O/c1-15-10-22-23(11-16(15)2)35-24(17-4-7-20(21(28)12-17)27(36)32-18-5-6-18)14-30-26(35)25(33-22)29-13-19-8-9-31-34(19)3/h4,7-12,14,18H,5-6,13H2,1-3H3,(H,29,33)(H,32,36). The van der Waals surface area contributed by atoms with Crippen LogP contribution >= 0.6 is 11.6 Å². The van der Waals surface area contributed by atoms with Crippen molar-refractivity contribution < 1.29 is 4.79 Å². The lowest BCUT2D eigenvalue weighted by atomic mass is 10.1. The fourth-order valence-corrected chi connectivity index (χ4v) is 4.67. The van der Waals surface area contributed by atoms with E-state index in [9.17, 15) is 4.79 Å². The Hall–Kier alpha value is -3.91. The summed E-state index contributed by atoms with van der Waals surface area (Å²) >= 11 is 6.59. The number of amides is 1. The number of carbonyl (C=O) groups is 1. The Balaban J connectivity index is 1.47. The lowest BCUT2D eigenvalue weighted by molar-refractivity contribution is 0.0951. The van der Waals surface area contributed by atoms with Gasteiger partial charge in [-0.15, -0.1) is 0 Å². The molecule has 6 rings (SSSR count). The first kappa shape index (κ1) is 22.5. The quantitative estimate of drug-likeness (QED) is 0.341. The summed E-state index contributed by atoms with van der Waals surface area (Å²) in [4.78, 5) is 22.2. The molecule has 1 fully saturated rings. The van der Waals surface area contributed by atoms with Crippen molar-refractivity contribution >= 4 is 40.0 Å². The van der Waals surface area contributed by atoms with E-state index in [4.69, 9.17) is 21.6 Å². The van der Waals surface area contributed by atoms with Crippen molar-refractivity contribution in [3.05, 3.63) is 76.2 Å². The number of nitrogens with one attached hydrogen (secondary N) is 2. The summed E-state index contributed by atoms with van der Waals surface area (Å²) < 4.78 is 3.94. The number of aryl methyl sites for hydroxylation is 3. The topological polar surface area (TPSA) is 89.1 Å². The maximum absolute atomic E-state index is 12.6. The van der Waals surface area contributed by atoms with Crippen LogP contribution in [-0.2, 0) is 13.6 Å². The van der Waals surface area contributed by atoms with Gasteiger partial charge in [0.1, 0.15) is 0 Å². The Labute approximate surface area is 213 Å². The van der Waals surface area contributed by atoms with Gasteiger partial charge in [-0.25, -0.2) is 9.97 Å². The molecule has 0 saturated heterocycles. The predicted octanol–water partition coefficient (Wildman–Crippen LogP) is 5.06. The molecule has 3 heterocycles. The molecule has 1 aliphatic rings. The van der Waals surface area contributed by atoms with Crippen molar-refractivity contribution in [3.8, 4) is 11.3 Å². The largest absolute Gasteiger partial charge is 0.361 e. The van der Waals surface area contributed by atoms with Gasteiger partial charge in [-0.3, -0.25) is 13.9 Å². The number of carbonyl (C=O) groups excluding carboxylic acids is 1. The summed E-state index contributed by atoms with van der Waals surface area (Å²) in [5.74, 6) is 0.555. The minimum atomic E-state index is -0.130. The van der Waals surface area contributed by atoms with Crippen LogP contribution in [0.3, 0.4) is 0 Å². The SMILES string of the molecule is Cc1cc2nc(NCc3ccnn3C)c3ncc(-c4ccc(C(=O)NC5CC5)c(Cl)c4)n3c2cc1C. The molecule has 0 bridgehead atoms. The number of imidazole rings is 1. The van der Waals surface area contributed by atoms with Gasteiger partial charge < -0.3 is 10.6 Å². The van der Waals surface area contributed by atoms with E-state index in [2.05, 4.69) is 46.1 Å². The monoisotopic (exact) mass is 499 g/mol. The second-order valence-corrected chi connectivity index (χ2v) is 9.84. The van der Waals surface area contributed by atoms with E-state index in [-0.39, 0.29) is 11.9 Å². The normalized spacial score (nSPS) is 13.4. The van der Waals surface area contributed by atoms with Gasteiger partial charge in [0.05, 0.1) is 45.7 Å². The lowest BCUT2D eigenvalue weighted by Crippen LogP contribution is -2.25. The highest BCUT2D eigenvalue weighted by molar-refractivity contribution is 6.34. The number of aromatic nitrogens is 5. The third kappa shape index (κ3) is 3.97. The van der Waals surface area contributed by atoms with Crippen LogP contribution in [0, 0.1) is 13.8 Å². The second kappa shape index (κ2) is 8.64. The van der Waals surface area contributed by atoms with Crippen LogP contribution in [0.5, 0.6) is 0 Å². The number of hydrogen-bond acceptors (Lipinski definition) is 5. The molecule has 0 atom stereocenters. The van der Waals surface area contributed by atoms with E-state index in [1.54, 1.807) is 12.3 Å². The van der Waals surface area contributed by atoms with Crippen molar-refractivity contribution in [1.29, 1.82) is 0 Å². The number of fused-ring (bicyclic) bond motifs is 3. The zero-order chi connectivity index (χ0) is 25.0. The Morgan fingerprint density at radius 1 is 1.14 bits per heavy atom. The van der Waals surface area contributed by atoms with Crippen LogP contribution in [0.4, 0.5) is 5.82 Å². The lowest BCUT2D eigenvalue weighted by Gasteiger charge is -2.14. The summed E-state index contributed by atoms with van der Waals surface area (Å²) in [6.07, 6.45) is 5.66. The fraction of sp³-hybridized carbons (Fsp3) is 0.259. The predicted molar refractivity (Wildman–Crippen MR) is 141 cm³/mol. The second-order valence-electron chi connectivity index (χ2n) is 9.43. The molecule has 9 heteroatoms. The number of rotatable bonds is 6. The van der Waals surface area contributed by atoms with Gasteiger partial charge in [0.25, 0.3) is 5.91 Å². The number of anilines is 1. The van der Waals surface area contributed by atoms with Gasteiger partial charge in [0.2, 0.25) is 0 Å². The van der Waals surface area contributed by atoms with Crippen LogP contribution in [0.2, 0.25) is 5.02 Å². The van der Waals surface area contributed by atoms with Crippen LogP contribution in [0.15, 0.2) is 48.8 Å². The smallest absolute Gasteiger partial charge is 0.253 e. The molecule has 3 aromatic heterocycles. The summed E-state index contributed by atoms with van der Waals surface area (Å²) in [6, 6.07) is 12.0. The van der Waals surface area contributed by atoms with E-state index in [0.717, 1.165) is 46.5 Å². The van der Waals surface area contributed by atoms with Gasteiger partial charge >= 0.3 is 0 Å². The minimum absolute atomic E-state index is 0.130. The van der Waals surface area contributed by atoms with Gasteiger partial charge in [0.15, 0.2) is 11.5 Å². The maximum Gasteiger partial charge on any atom is 0.253 e. The molecule has 1 saturated carbocycles. The zero-order valence-corrected chi connectivity index (χ0v) is 21.1. The molecule has 182 valence electrons. The van der Waals surface area contributed by atoms with Crippen LogP contribution in [-0.4, -0.2) is 36.1 Å². The molecule has 36 heavy (non-hydrogen) atoms. The Morgan fingerprint density at radius 2 is 1.94 bits per heavy atom. The Morgan fingerprint density at radius 3 is 2.67 bits per heavy atom. The molecule has 1 aliphatic carbocycles. The number of hydrogen-bond donors (Lipinski definition) is 2. The van der Waals surface area contributed by atoms with E-state index < -0.39 is 0 Å². The first-order chi connectivity index (χ1) is 17.4. The van der Waals surface area contributed by atoms with Crippen molar-refractivity contribution in [3.63, 3.8) is 0 Å². The molecule has 5 aromatic rings. The third-order valence-corrected chi connectivity index (χ3v) is 7.13.